The minimum Gasteiger partial charge on any atom is -0.493 e. The zero-order valence-electron chi connectivity index (χ0n) is 15.0. The van der Waals surface area contributed by atoms with Crippen LogP contribution in [0.1, 0.15) is 32.3 Å². The van der Waals surface area contributed by atoms with Crippen molar-refractivity contribution in [1.29, 1.82) is 0 Å². The van der Waals surface area contributed by atoms with Crippen LogP contribution in [0.15, 0.2) is 18.2 Å². The Kier molecular flexibility index (Phi) is 6.01. The predicted molar refractivity (Wildman–Crippen MR) is 97.4 cm³/mol. The van der Waals surface area contributed by atoms with E-state index in [1.165, 1.54) is 0 Å². The summed E-state index contributed by atoms with van der Waals surface area (Å²) in [6, 6.07) is 5.95. The third-order valence-corrected chi connectivity index (χ3v) is 4.96. The Morgan fingerprint density at radius 1 is 1.21 bits per heavy atom. The fourth-order valence-corrected chi connectivity index (χ4v) is 3.62. The molecule has 1 aliphatic heterocycles. The van der Waals surface area contributed by atoms with Gasteiger partial charge in [0.15, 0.2) is 11.5 Å². The van der Waals surface area contributed by atoms with Crippen molar-refractivity contribution in [3.8, 4) is 11.5 Å². The molecule has 0 N–H and O–H groups in total. The number of rotatable bonds is 4. The molecule has 134 valence electrons. The summed E-state index contributed by atoms with van der Waals surface area (Å²) in [6.07, 6.45) is -0.253. The number of hydrogen-bond donors (Lipinski definition) is 0. The van der Waals surface area contributed by atoms with Crippen LogP contribution in [-0.2, 0) is 4.74 Å². The lowest BCUT2D eigenvalue weighted by Gasteiger charge is -2.24. The van der Waals surface area contributed by atoms with Gasteiger partial charge < -0.3 is 19.1 Å². The van der Waals surface area contributed by atoms with Gasteiger partial charge in [-0.2, -0.15) is 0 Å². The second-order valence-electron chi connectivity index (χ2n) is 7.02. The number of carbonyl (C=O) groups excluding carboxylic acids is 1. The van der Waals surface area contributed by atoms with E-state index in [1.54, 1.807) is 19.1 Å². The molecular formula is C18H26BrNO4. The summed E-state index contributed by atoms with van der Waals surface area (Å²) in [7, 11) is 3.25. The summed E-state index contributed by atoms with van der Waals surface area (Å²) in [5, 5.41) is 0.825. The maximum absolute atomic E-state index is 12.4. The molecule has 1 aromatic rings. The number of alkyl halides is 1. The van der Waals surface area contributed by atoms with Gasteiger partial charge in [-0.05, 0) is 44.4 Å². The maximum Gasteiger partial charge on any atom is 0.410 e. The van der Waals surface area contributed by atoms with Crippen molar-refractivity contribution in [2.75, 3.05) is 32.6 Å². The zero-order chi connectivity index (χ0) is 17.9. The predicted octanol–water partition coefficient (Wildman–Crippen LogP) is 4.05. The molecule has 5 nitrogen and oxygen atoms in total. The Hall–Kier alpha value is -1.43. The number of carbonyl (C=O) groups is 1. The number of hydrogen-bond acceptors (Lipinski definition) is 4. The van der Waals surface area contributed by atoms with E-state index < -0.39 is 5.60 Å². The molecule has 1 aliphatic rings. The molecule has 6 heteroatoms. The van der Waals surface area contributed by atoms with Gasteiger partial charge in [0.05, 0.1) is 14.2 Å². The molecule has 2 rings (SSSR count). The smallest absolute Gasteiger partial charge is 0.410 e. The molecule has 0 radical (unpaired) electrons. The number of halogens is 1. The summed E-state index contributed by atoms with van der Waals surface area (Å²) >= 11 is 3.58. The summed E-state index contributed by atoms with van der Waals surface area (Å²) in [5.74, 6) is 1.98. The third kappa shape index (κ3) is 4.35. The standard InChI is InChI=1S/C18H26BrNO4/c1-18(2,3)24-17(21)20-10-13(9-19)14(11-20)12-6-7-15(22-4)16(8-12)23-5/h6-8,13-14H,9-11H2,1-5H3/t13-,14+/m1/s1. The van der Waals surface area contributed by atoms with Crippen LogP contribution in [-0.4, -0.2) is 49.2 Å². The Morgan fingerprint density at radius 3 is 2.42 bits per heavy atom. The van der Waals surface area contributed by atoms with E-state index >= 15 is 0 Å². The van der Waals surface area contributed by atoms with Crippen LogP contribution in [0.5, 0.6) is 11.5 Å². The first-order valence-corrected chi connectivity index (χ1v) is 9.17. The number of amides is 1. The van der Waals surface area contributed by atoms with Gasteiger partial charge in [-0.25, -0.2) is 4.79 Å². The van der Waals surface area contributed by atoms with Gasteiger partial charge in [-0.3, -0.25) is 0 Å². The Labute approximate surface area is 152 Å². The van der Waals surface area contributed by atoms with Gasteiger partial charge in [0.25, 0.3) is 0 Å². The number of methoxy groups -OCH3 is 2. The van der Waals surface area contributed by atoms with Crippen LogP contribution in [0.2, 0.25) is 0 Å². The number of ether oxygens (including phenoxy) is 3. The maximum atomic E-state index is 12.4. The Balaban J connectivity index is 2.19. The van der Waals surface area contributed by atoms with Crippen molar-refractivity contribution in [2.24, 2.45) is 5.92 Å². The van der Waals surface area contributed by atoms with Crippen LogP contribution in [0.25, 0.3) is 0 Å². The van der Waals surface area contributed by atoms with Crippen molar-refractivity contribution in [3.63, 3.8) is 0 Å². The summed E-state index contributed by atoms with van der Waals surface area (Å²) in [5.41, 5.74) is 0.658. The lowest BCUT2D eigenvalue weighted by atomic mass is 9.90. The van der Waals surface area contributed by atoms with Crippen molar-refractivity contribution in [2.45, 2.75) is 32.3 Å². The van der Waals surface area contributed by atoms with Crippen LogP contribution < -0.4 is 9.47 Å². The topological polar surface area (TPSA) is 48.0 Å². The highest BCUT2D eigenvalue weighted by molar-refractivity contribution is 9.09. The molecule has 1 saturated heterocycles. The highest BCUT2D eigenvalue weighted by Gasteiger charge is 2.37. The first-order valence-electron chi connectivity index (χ1n) is 8.05. The Morgan fingerprint density at radius 2 is 1.88 bits per heavy atom. The molecule has 1 amide bonds. The van der Waals surface area contributed by atoms with E-state index in [0.717, 1.165) is 10.9 Å². The molecule has 0 spiro atoms. The molecule has 0 aromatic heterocycles. The van der Waals surface area contributed by atoms with E-state index in [2.05, 4.69) is 15.9 Å². The van der Waals surface area contributed by atoms with Crippen molar-refractivity contribution in [1.82, 2.24) is 4.90 Å². The molecule has 1 fully saturated rings. The molecular weight excluding hydrogens is 374 g/mol. The third-order valence-electron chi connectivity index (χ3n) is 4.13. The molecule has 24 heavy (non-hydrogen) atoms. The van der Waals surface area contributed by atoms with Gasteiger partial charge in [0, 0.05) is 24.3 Å². The monoisotopic (exact) mass is 399 g/mol. The van der Waals surface area contributed by atoms with E-state index in [9.17, 15) is 4.79 Å². The van der Waals surface area contributed by atoms with Crippen molar-refractivity contribution < 1.29 is 19.0 Å². The average molecular weight is 400 g/mol. The first-order chi connectivity index (χ1) is 11.3. The van der Waals surface area contributed by atoms with E-state index in [0.29, 0.717) is 30.5 Å². The molecule has 0 bridgehead atoms. The van der Waals surface area contributed by atoms with E-state index in [4.69, 9.17) is 14.2 Å². The number of nitrogens with zero attached hydrogens (tertiary/aromatic N) is 1. The van der Waals surface area contributed by atoms with E-state index in [1.807, 2.05) is 39.0 Å². The summed E-state index contributed by atoms with van der Waals surface area (Å²) < 4.78 is 16.2. The van der Waals surface area contributed by atoms with Gasteiger partial charge >= 0.3 is 6.09 Å². The lowest BCUT2D eigenvalue weighted by molar-refractivity contribution is 0.0288. The normalized spacial score (nSPS) is 20.8. The van der Waals surface area contributed by atoms with Gasteiger partial charge in [-0.15, -0.1) is 0 Å². The number of likely N-dealkylation sites (tertiary alicyclic amines) is 1. The van der Waals surface area contributed by atoms with Gasteiger partial charge in [-0.1, -0.05) is 22.0 Å². The Bertz CT molecular complexity index is 585. The van der Waals surface area contributed by atoms with Crippen molar-refractivity contribution in [3.05, 3.63) is 23.8 Å². The molecule has 1 aromatic carbocycles. The minimum absolute atomic E-state index is 0.233. The quantitative estimate of drug-likeness (QED) is 0.716. The SMILES string of the molecule is COc1ccc([C@@H]2CN(C(=O)OC(C)(C)C)C[C@H]2CBr)cc1OC. The molecule has 2 atom stereocenters. The van der Waals surface area contributed by atoms with Crippen LogP contribution >= 0.6 is 15.9 Å². The van der Waals surface area contributed by atoms with E-state index in [-0.39, 0.29) is 12.0 Å². The van der Waals surface area contributed by atoms with Gasteiger partial charge in [0.1, 0.15) is 5.60 Å². The highest BCUT2D eigenvalue weighted by Crippen LogP contribution is 2.38. The summed E-state index contributed by atoms with van der Waals surface area (Å²) in [4.78, 5) is 14.2. The molecule has 0 aliphatic carbocycles. The highest BCUT2D eigenvalue weighted by atomic mass is 79.9. The van der Waals surface area contributed by atoms with Crippen LogP contribution in [0, 0.1) is 5.92 Å². The molecule has 0 unspecified atom stereocenters. The number of benzene rings is 1. The lowest BCUT2D eigenvalue weighted by Crippen LogP contribution is -2.35. The van der Waals surface area contributed by atoms with Crippen molar-refractivity contribution >= 4 is 22.0 Å². The average Bonchev–Trinajstić information content (AvgIpc) is 2.97. The second-order valence-corrected chi connectivity index (χ2v) is 7.67. The minimum atomic E-state index is -0.484. The fourth-order valence-electron chi connectivity index (χ4n) is 2.96. The second kappa shape index (κ2) is 7.64. The molecule has 1 heterocycles. The fraction of sp³-hybridized carbons (Fsp3) is 0.611. The first kappa shape index (κ1) is 18.9. The van der Waals surface area contributed by atoms with Crippen LogP contribution in [0.4, 0.5) is 4.79 Å². The largest absolute Gasteiger partial charge is 0.493 e. The zero-order valence-corrected chi connectivity index (χ0v) is 16.6. The summed E-state index contributed by atoms with van der Waals surface area (Å²) in [6.45, 7) is 6.97. The molecule has 0 saturated carbocycles. The van der Waals surface area contributed by atoms with Crippen LogP contribution in [0.3, 0.4) is 0 Å². The van der Waals surface area contributed by atoms with Gasteiger partial charge in [0.2, 0.25) is 0 Å².